The number of amides is 1. The number of rotatable bonds is 20. The highest BCUT2D eigenvalue weighted by Gasteiger charge is 2.19. The summed E-state index contributed by atoms with van der Waals surface area (Å²) in [4.78, 5) is 12.7. The maximum Gasteiger partial charge on any atom is 0.315 e. The normalized spacial score (nSPS) is 12.1. The number of carbonyl (C=O) groups excluding carboxylic acids is 1. The first-order valence-electron chi connectivity index (χ1n) is 14.0. The number of benzene rings is 2. The topological polar surface area (TPSA) is 77.0 Å². The number of carbonyl (C=O) groups is 1. The van der Waals surface area contributed by atoms with Gasteiger partial charge in [0.05, 0.1) is 12.3 Å². The van der Waals surface area contributed by atoms with Crippen LogP contribution in [0.4, 0.5) is 5.69 Å². The zero-order valence-electron chi connectivity index (χ0n) is 22.7. The second kappa shape index (κ2) is 18.0. The van der Waals surface area contributed by atoms with Crippen molar-refractivity contribution in [2.45, 2.75) is 110 Å². The summed E-state index contributed by atoms with van der Waals surface area (Å²) in [6.45, 7) is 3.61. The Balaban J connectivity index is 1.77. The SMILES string of the molecule is CCCCCCCCCCCCCCCC(=O)Nc1cc(O)c2ccccc2c1OC(OC)OCC. The van der Waals surface area contributed by atoms with Crippen molar-refractivity contribution < 1.29 is 24.1 Å². The van der Waals surface area contributed by atoms with Gasteiger partial charge in [-0.05, 0) is 13.3 Å². The average molecular weight is 502 g/mol. The molecule has 0 fully saturated rings. The van der Waals surface area contributed by atoms with E-state index in [1.807, 2.05) is 25.1 Å². The quantitative estimate of drug-likeness (QED) is 0.141. The lowest BCUT2D eigenvalue weighted by atomic mass is 10.0. The molecule has 6 nitrogen and oxygen atoms in total. The molecule has 6 heteroatoms. The predicted octanol–water partition coefficient (Wildman–Crippen LogP) is 8.31. The molecule has 1 amide bonds. The Kier molecular flexibility index (Phi) is 15.0. The van der Waals surface area contributed by atoms with Gasteiger partial charge in [-0.3, -0.25) is 4.79 Å². The molecule has 0 saturated carbocycles. The molecule has 1 unspecified atom stereocenters. The van der Waals surface area contributed by atoms with Crippen molar-refractivity contribution in [3.05, 3.63) is 30.3 Å². The van der Waals surface area contributed by atoms with Gasteiger partial charge in [-0.15, -0.1) is 0 Å². The number of hydrogen-bond acceptors (Lipinski definition) is 5. The van der Waals surface area contributed by atoms with Gasteiger partial charge >= 0.3 is 6.48 Å². The molecule has 202 valence electrons. The van der Waals surface area contributed by atoms with Gasteiger partial charge < -0.3 is 24.6 Å². The molecule has 0 aliphatic heterocycles. The number of fused-ring (bicyclic) bond motifs is 1. The van der Waals surface area contributed by atoms with Crippen LogP contribution in [0.15, 0.2) is 30.3 Å². The third kappa shape index (κ3) is 10.8. The van der Waals surface area contributed by atoms with Crippen molar-refractivity contribution in [1.29, 1.82) is 0 Å². The van der Waals surface area contributed by atoms with Crippen LogP contribution in [0.1, 0.15) is 104 Å². The van der Waals surface area contributed by atoms with E-state index in [1.165, 1.54) is 83.8 Å². The number of unbranched alkanes of at least 4 members (excludes halogenated alkanes) is 12. The minimum absolute atomic E-state index is 0.0830. The maximum atomic E-state index is 12.7. The fraction of sp³-hybridized carbons (Fsp3) is 0.633. The molecule has 0 bridgehead atoms. The first-order chi connectivity index (χ1) is 17.6. The van der Waals surface area contributed by atoms with E-state index in [0.717, 1.165) is 12.8 Å². The Bertz CT molecular complexity index is 885. The molecule has 0 aromatic heterocycles. The number of phenols is 1. The van der Waals surface area contributed by atoms with Crippen LogP contribution in [-0.4, -0.2) is 31.2 Å². The second-order valence-electron chi connectivity index (χ2n) is 9.46. The van der Waals surface area contributed by atoms with Crippen molar-refractivity contribution in [3.8, 4) is 11.5 Å². The van der Waals surface area contributed by atoms with E-state index in [4.69, 9.17) is 14.2 Å². The summed E-state index contributed by atoms with van der Waals surface area (Å²) < 4.78 is 16.7. The lowest BCUT2D eigenvalue weighted by Crippen LogP contribution is -2.23. The number of aromatic hydroxyl groups is 1. The van der Waals surface area contributed by atoms with Gasteiger partial charge in [-0.2, -0.15) is 0 Å². The Hall–Kier alpha value is -2.31. The van der Waals surface area contributed by atoms with E-state index < -0.39 is 6.48 Å². The first-order valence-corrected chi connectivity index (χ1v) is 14.0. The molecule has 0 radical (unpaired) electrons. The Labute approximate surface area is 217 Å². The zero-order valence-corrected chi connectivity index (χ0v) is 22.7. The number of nitrogens with one attached hydrogen (secondary N) is 1. The summed E-state index contributed by atoms with van der Waals surface area (Å²) in [6, 6.07) is 8.87. The minimum Gasteiger partial charge on any atom is -0.507 e. The molecular weight excluding hydrogens is 454 g/mol. The van der Waals surface area contributed by atoms with Gasteiger partial charge in [0.1, 0.15) is 5.75 Å². The first kappa shape index (κ1) is 29.9. The molecule has 2 aromatic carbocycles. The second-order valence-corrected chi connectivity index (χ2v) is 9.46. The lowest BCUT2D eigenvalue weighted by molar-refractivity contribution is -0.230. The average Bonchev–Trinajstić information content (AvgIpc) is 2.88. The Morgan fingerprint density at radius 1 is 0.861 bits per heavy atom. The molecule has 0 spiro atoms. The summed E-state index contributed by atoms with van der Waals surface area (Å²) in [7, 11) is 1.50. The van der Waals surface area contributed by atoms with Crippen LogP contribution in [0.5, 0.6) is 11.5 Å². The van der Waals surface area contributed by atoms with Gasteiger partial charge in [0.2, 0.25) is 5.91 Å². The van der Waals surface area contributed by atoms with Crippen LogP contribution in [0.3, 0.4) is 0 Å². The van der Waals surface area contributed by atoms with Crippen LogP contribution in [0.25, 0.3) is 10.8 Å². The van der Waals surface area contributed by atoms with E-state index in [0.29, 0.717) is 35.2 Å². The summed E-state index contributed by atoms with van der Waals surface area (Å²) in [6.07, 6.45) is 16.9. The Morgan fingerprint density at radius 3 is 1.97 bits per heavy atom. The largest absolute Gasteiger partial charge is 0.507 e. The van der Waals surface area contributed by atoms with E-state index in [-0.39, 0.29) is 11.7 Å². The highest BCUT2D eigenvalue weighted by atomic mass is 16.8. The predicted molar refractivity (Wildman–Crippen MR) is 148 cm³/mol. The van der Waals surface area contributed by atoms with Crippen molar-refractivity contribution in [3.63, 3.8) is 0 Å². The standard InChI is InChI=1S/C30H47NO5/c1-4-6-7-8-9-10-11-12-13-14-15-16-17-22-28(33)31-26-23-27(32)24-20-18-19-21-25(24)29(26)36-30(34-3)35-5-2/h18-21,23,30,32H,4-17,22H2,1-3H3,(H,31,33). The number of phenolic OH excluding ortho intramolecular Hbond substituents is 1. The van der Waals surface area contributed by atoms with Crippen LogP contribution in [0.2, 0.25) is 0 Å². The van der Waals surface area contributed by atoms with Crippen molar-refractivity contribution >= 4 is 22.4 Å². The minimum atomic E-state index is -0.917. The number of hydrogen-bond donors (Lipinski definition) is 2. The van der Waals surface area contributed by atoms with Gasteiger partial charge in [-0.25, -0.2) is 0 Å². The molecule has 0 heterocycles. The Morgan fingerprint density at radius 2 is 1.42 bits per heavy atom. The lowest BCUT2D eigenvalue weighted by Gasteiger charge is -2.21. The van der Waals surface area contributed by atoms with Gasteiger partial charge in [-0.1, -0.05) is 108 Å². The highest BCUT2D eigenvalue weighted by molar-refractivity contribution is 6.02. The van der Waals surface area contributed by atoms with Crippen LogP contribution in [0, 0.1) is 0 Å². The summed E-state index contributed by atoms with van der Waals surface area (Å²) in [5, 5.41) is 14.7. The van der Waals surface area contributed by atoms with E-state index >= 15 is 0 Å². The number of ether oxygens (including phenoxy) is 3. The summed E-state index contributed by atoms with van der Waals surface area (Å²) >= 11 is 0. The zero-order chi connectivity index (χ0) is 26.0. The monoisotopic (exact) mass is 501 g/mol. The smallest absolute Gasteiger partial charge is 0.315 e. The third-order valence-electron chi connectivity index (χ3n) is 6.46. The van der Waals surface area contributed by atoms with Crippen LogP contribution >= 0.6 is 0 Å². The summed E-state index contributed by atoms with van der Waals surface area (Å²) in [5.74, 6) is 0.407. The molecule has 0 aliphatic rings. The third-order valence-corrected chi connectivity index (χ3v) is 6.46. The van der Waals surface area contributed by atoms with Crippen LogP contribution < -0.4 is 10.1 Å². The van der Waals surface area contributed by atoms with E-state index in [1.54, 1.807) is 6.07 Å². The molecule has 2 N–H and O–H groups in total. The molecule has 36 heavy (non-hydrogen) atoms. The molecule has 2 aromatic rings. The summed E-state index contributed by atoms with van der Waals surface area (Å²) in [5.41, 5.74) is 0.410. The molecule has 0 aliphatic carbocycles. The fourth-order valence-electron chi connectivity index (χ4n) is 4.45. The van der Waals surface area contributed by atoms with E-state index in [2.05, 4.69) is 12.2 Å². The number of methoxy groups -OCH3 is 1. The fourth-order valence-corrected chi connectivity index (χ4v) is 4.45. The van der Waals surface area contributed by atoms with Crippen molar-refractivity contribution in [1.82, 2.24) is 0 Å². The molecule has 2 rings (SSSR count). The van der Waals surface area contributed by atoms with Crippen molar-refractivity contribution in [2.24, 2.45) is 0 Å². The maximum absolute atomic E-state index is 12.7. The molecule has 1 atom stereocenters. The van der Waals surface area contributed by atoms with Crippen LogP contribution in [-0.2, 0) is 14.3 Å². The van der Waals surface area contributed by atoms with E-state index in [9.17, 15) is 9.90 Å². The highest BCUT2D eigenvalue weighted by Crippen LogP contribution is 2.40. The van der Waals surface area contributed by atoms with Gasteiger partial charge in [0, 0.05) is 30.4 Å². The van der Waals surface area contributed by atoms with Gasteiger partial charge in [0.15, 0.2) is 5.75 Å². The number of anilines is 1. The van der Waals surface area contributed by atoms with Crippen molar-refractivity contribution in [2.75, 3.05) is 19.0 Å². The molecular formula is C30H47NO5. The van der Waals surface area contributed by atoms with Gasteiger partial charge in [0.25, 0.3) is 0 Å². The molecule has 0 saturated heterocycles.